The third kappa shape index (κ3) is 4.47. The molecule has 0 heterocycles. The highest BCUT2D eigenvalue weighted by atomic mass is 15.1. The van der Waals surface area contributed by atoms with Gasteiger partial charge in [-0.15, -0.1) is 0 Å². The normalized spacial score (nSPS) is 14.7. The lowest BCUT2D eigenvalue weighted by molar-refractivity contribution is 0.794. The molecule has 3 aliphatic rings. The number of benzene rings is 10. The lowest BCUT2D eigenvalue weighted by Crippen LogP contribution is -2.28. The number of fused-ring (bicyclic) bond motifs is 14. The van der Waals surface area contributed by atoms with Gasteiger partial charge in [-0.25, -0.2) is 0 Å². The van der Waals surface area contributed by atoms with Crippen molar-refractivity contribution in [3.63, 3.8) is 0 Å². The summed E-state index contributed by atoms with van der Waals surface area (Å²) >= 11 is 0. The van der Waals surface area contributed by atoms with Crippen molar-refractivity contribution < 1.29 is 0 Å². The molecule has 1 spiro atoms. The predicted molar refractivity (Wildman–Crippen MR) is 250 cm³/mol. The van der Waals surface area contributed by atoms with E-state index in [2.05, 4.69) is 229 Å². The first-order chi connectivity index (χ1) is 29.8. The Morgan fingerprint density at radius 3 is 1.48 bits per heavy atom. The van der Waals surface area contributed by atoms with E-state index >= 15 is 0 Å². The summed E-state index contributed by atoms with van der Waals surface area (Å²) in [6.07, 6.45) is 0. The topological polar surface area (TPSA) is 3.24 Å². The number of para-hydroxylation sites is 1. The van der Waals surface area contributed by atoms with Gasteiger partial charge in [0.05, 0.1) is 11.1 Å². The van der Waals surface area contributed by atoms with Crippen molar-refractivity contribution >= 4 is 27.8 Å². The number of nitrogens with zero attached hydrogens (tertiary/aromatic N) is 1. The third-order valence-corrected chi connectivity index (χ3v) is 13.4. The van der Waals surface area contributed by atoms with E-state index in [-0.39, 0.29) is 0 Å². The standard InChI is InChI=1S/C59H37N/c1-3-15-38(16-4-1)39-29-31-40(32-30-39)41-33-35-43(36-34-41)60(42-17-5-2-6-18-42)55-28-14-24-48-46-21-9-11-26-52(46)59(58(48)55)53-27-12-10-22-49(53)57-50-25-13-23-47-44-19-7-8-20-45(44)51(56(47)50)37-54(57)59/h1-37H. The average Bonchev–Trinajstić information content (AvgIpc) is 3.93. The van der Waals surface area contributed by atoms with Crippen LogP contribution in [0.5, 0.6) is 0 Å². The van der Waals surface area contributed by atoms with Crippen LogP contribution in [0.25, 0.3) is 77.5 Å². The molecule has 0 aromatic heterocycles. The Labute approximate surface area is 350 Å². The summed E-state index contributed by atoms with van der Waals surface area (Å²) in [5.41, 5.74) is 23.6. The SMILES string of the molecule is c1ccc(-c2ccc(-c3ccc(N(c4ccccc4)c4cccc5c4C4(c6ccccc6-5)c5ccccc5-c5c4cc4c6c(cccc56)-c5ccccc5-4)cc3)cc2)cc1. The van der Waals surface area contributed by atoms with E-state index in [0.29, 0.717) is 0 Å². The first kappa shape index (κ1) is 33.3. The van der Waals surface area contributed by atoms with Crippen molar-refractivity contribution in [3.05, 3.63) is 247 Å². The zero-order valence-electron chi connectivity index (χ0n) is 32.8. The molecule has 1 atom stereocenters. The molecule has 1 nitrogen and oxygen atoms in total. The lowest BCUT2D eigenvalue weighted by Gasteiger charge is -2.36. The first-order valence-electron chi connectivity index (χ1n) is 20.9. The van der Waals surface area contributed by atoms with Crippen LogP contribution in [0, 0.1) is 0 Å². The van der Waals surface area contributed by atoms with Gasteiger partial charge in [0.25, 0.3) is 0 Å². The van der Waals surface area contributed by atoms with E-state index in [1.165, 1.54) is 105 Å². The number of hydrogen-bond donors (Lipinski definition) is 0. The summed E-state index contributed by atoms with van der Waals surface area (Å²) in [4.78, 5) is 2.49. The molecule has 0 N–H and O–H groups in total. The van der Waals surface area contributed by atoms with E-state index in [9.17, 15) is 0 Å². The molecular formula is C59H37N. The van der Waals surface area contributed by atoms with Gasteiger partial charge >= 0.3 is 0 Å². The summed E-state index contributed by atoms with van der Waals surface area (Å²) in [5, 5.41) is 2.70. The molecule has 10 aromatic rings. The van der Waals surface area contributed by atoms with Gasteiger partial charge in [0.1, 0.15) is 0 Å². The fourth-order valence-corrected chi connectivity index (χ4v) is 11.0. The number of hydrogen-bond acceptors (Lipinski definition) is 1. The molecule has 0 saturated heterocycles. The van der Waals surface area contributed by atoms with E-state index < -0.39 is 5.41 Å². The third-order valence-electron chi connectivity index (χ3n) is 13.4. The van der Waals surface area contributed by atoms with Crippen LogP contribution in [0.2, 0.25) is 0 Å². The van der Waals surface area contributed by atoms with Gasteiger partial charge in [0.15, 0.2) is 0 Å². The van der Waals surface area contributed by atoms with Crippen LogP contribution in [0.4, 0.5) is 17.1 Å². The zero-order valence-corrected chi connectivity index (χ0v) is 32.8. The molecule has 13 rings (SSSR count). The van der Waals surface area contributed by atoms with Gasteiger partial charge < -0.3 is 4.90 Å². The van der Waals surface area contributed by atoms with Crippen molar-refractivity contribution in [2.75, 3.05) is 4.90 Å². The summed E-state index contributed by atoms with van der Waals surface area (Å²) < 4.78 is 0. The highest BCUT2D eigenvalue weighted by Gasteiger charge is 2.54. The van der Waals surface area contributed by atoms with Crippen molar-refractivity contribution in [1.29, 1.82) is 0 Å². The molecular weight excluding hydrogens is 723 g/mol. The van der Waals surface area contributed by atoms with Crippen LogP contribution in [0.3, 0.4) is 0 Å². The van der Waals surface area contributed by atoms with Crippen LogP contribution < -0.4 is 4.90 Å². The monoisotopic (exact) mass is 759 g/mol. The second-order valence-electron chi connectivity index (χ2n) is 16.3. The number of anilines is 3. The van der Waals surface area contributed by atoms with Crippen LogP contribution in [0.1, 0.15) is 22.3 Å². The minimum Gasteiger partial charge on any atom is -0.310 e. The highest BCUT2D eigenvalue weighted by Crippen LogP contribution is 2.67. The second kappa shape index (κ2) is 12.6. The second-order valence-corrected chi connectivity index (χ2v) is 16.3. The van der Waals surface area contributed by atoms with Gasteiger partial charge in [-0.3, -0.25) is 0 Å². The Morgan fingerprint density at radius 2 is 0.783 bits per heavy atom. The molecule has 10 aromatic carbocycles. The quantitative estimate of drug-likeness (QED) is 0.169. The minimum atomic E-state index is -0.555. The summed E-state index contributed by atoms with van der Waals surface area (Å²) in [5.74, 6) is 0. The predicted octanol–water partition coefficient (Wildman–Crippen LogP) is 15.6. The van der Waals surface area contributed by atoms with Crippen molar-refractivity contribution in [1.82, 2.24) is 0 Å². The van der Waals surface area contributed by atoms with Crippen molar-refractivity contribution in [3.8, 4) is 66.8 Å². The Balaban J connectivity index is 1.06. The maximum atomic E-state index is 2.57. The molecule has 0 radical (unpaired) electrons. The highest BCUT2D eigenvalue weighted by molar-refractivity contribution is 6.21. The molecule has 0 bridgehead atoms. The molecule has 0 fully saturated rings. The van der Waals surface area contributed by atoms with Gasteiger partial charge in [-0.1, -0.05) is 188 Å². The van der Waals surface area contributed by atoms with Crippen LogP contribution in [-0.2, 0) is 5.41 Å². The Bertz CT molecular complexity index is 3340. The van der Waals surface area contributed by atoms with Gasteiger partial charge in [0, 0.05) is 16.9 Å². The van der Waals surface area contributed by atoms with Crippen LogP contribution in [0.15, 0.2) is 224 Å². The molecule has 0 aliphatic heterocycles. The van der Waals surface area contributed by atoms with Gasteiger partial charge in [-0.05, 0) is 131 Å². The fourth-order valence-electron chi connectivity index (χ4n) is 11.0. The maximum absolute atomic E-state index is 2.57. The largest absolute Gasteiger partial charge is 0.310 e. The molecule has 60 heavy (non-hydrogen) atoms. The van der Waals surface area contributed by atoms with E-state index in [4.69, 9.17) is 0 Å². The average molecular weight is 760 g/mol. The van der Waals surface area contributed by atoms with E-state index in [1.807, 2.05) is 0 Å². The molecule has 0 amide bonds. The smallest absolute Gasteiger partial charge is 0.0746 e. The molecule has 3 aliphatic carbocycles. The number of rotatable bonds is 5. The van der Waals surface area contributed by atoms with Gasteiger partial charge in [-0.2, -0.15) is 0 Å². The molecule has 1 heteroatoms. The first-order valence-corrected chi connectivity index (χ1v) is 20.9. The van der Waals surface area contributed by atoms with Crippen molar-refractivity contribution in [2.45, 2.75) is 5.41 Å². The van der Waals surface area contributed by atoms with Crippen LogP contribution in [-0.4, -0.2) is 0 Å². The zero-order chi connectivity index (χ0) is 39.4. The Morgan fingerprint density at radius 1 is 0.300 bits per heavy atom. The van der Waals surface area contributed by atoms with E-state index in [1.54, 1.807) is 0 Å². The summed E-state index contributed by atoms with van der Waals surface area (Å²) in [6, 6.07) is 83.4. The summed E-state index contributed by atoms with van der Waals surface area (Å²) in [7, 11) is 0. The molecule has 0 saturated carbocycles. The molecule has 1 unspecified atom stereocenters. The minimum absolute atomic E-state index is 0.555. The Kier molecular flexibility index (Phi) is 7.00. The molecule has 278 valence electrons. The fraction of sp³-hybridized carbons (Fsp3) is 0.0169. The van der Waals surface area contributed by atoms with Gasteiger partial charge in [0.2, 0.25) is 0 Å². The summed E-state index contributed by atoms with van der Waals surface area (Å²) in [6.45, 7) is 0. The lowest BCUT2D eigenvalue weighted by atomic mass is 9.69. The Hall–Kier alpha value is -7.74. The van der Waals surface area contributed by atoms with Crippen molar-refractivity contribution in [2.24, 2.45) is 0 Å². The maximum Gasteiger partial charge on any atom is 0.0746 e. The van der Waals surface area contributed by atoms with Crippen LogP contribution >= 0.6 is 0 Å². The van der Waals surface area contributed by atoms with E-state index in [0.717, 1.165) is 11.4 Å².